The van der Waals surface area contributed by atoms with Crippen LogP contribution in [-0.2, 0) is 0 Å². The van der Waals surface area contributed by atoms with Gasteiger partial charge in [0.15, 0.2) is 5.65 Å². The Morgan fingerprint density at radius 2 is 1.90 bits per heavy atom. The average Bonchev–Trinajstić information content (AvgIpc) is 2.96. The van der Waals surface area contributed by atoms with Gasteiger partial charge in [0.05, 0.1) is 28.4 Å². The average molecular weight is 282 g/mol. The molecule has 0 aliphatic carbocycles. The smallest absolute Gasteiger partial charge is 0.336 e. The van der Waals surface area contributed by atoms with E-state index in [-0.39, 0.29) is 11.1 Å². The van der Waals surface area contributed by atoms with Crippen LogP contribution >= 0.6 is 0 Å². The van der Waals surface area contributed by atoms with Crippen molar-refractivity contribution in [2.75, 3.05) is 5.32 Å². The summed E-state index contributed by atoms with van der Waals surface area (Å²) in [5.41, 5.74) is 1.10. The summed E-state index contributed by atoms with van der Waals surface area (Å²) in [5.74, 6) is -1.65. The Bertz CT molecular complexity index is 841. The number of nitrogens with one attached hydrogen (secondary N) is 2. The number of fused-ring (bicyclic) bond motifs is 1. The van der Waals surface area contributed by atoms with Gasteiger partial charge in [-0.05, 0) is 18.2 Å². The van der Waals surface area contributed by atoms with E-state index >= 15 is 0 Å². The van der Waals surface area contributed by atoms with Crippen molar-refractivity contribution in [3.05, 3.63) is 53.9 Å². The van der Waals surface area contributed by atoms with E-state index in [2.05, 4.69) is 20.5 Å². The third kappa shape index (κ3) is 2.32. The van der Waals surface area contributed by atoms with Crippen molar-refractivity contribution in [2.24, 2.45) is 0 Å². The topological polar surface area (TPSA) is 108 Å². The number of carboxylic acids is 1. The second-order valence-corrected chi connectivity index (χ2v) is 4.30. The van der Waals surface area contributed by atoms with Crippen LogP contribution in [0.4, 0.5) is 5.69 Å². The standard InChI is InChI=1S/C14H10N4O3/c19-13(8-3-1-2-4-9(8)14(20)21)17-11-5-6-15-12-10(11)7-16-18-12/h1-7H,(H,20,21)(H2,15,16,17,18,19). The van der Waals surface area contributed by atoms with E-state index in [1.165, 1.54) is 18.3 Å². The molecule has 0 saturated carbocycles. The summed E-state index contributed by atoms with van der Waals surface area (Å²) in [5, 5.41) is 19.0. The fourth-order valence-corrected chi connectivity index (χ4v) is 2.02. The fourth-order valence-electron chi connectivity index (χ4n) is 2.02. The number of carboxylic acid groups (broad SMARTS) is 1. The van der Waals surface area contributed by atoms with E-state index < -0.39 is 11.9 Å². The van der Waals surface area contributed by atoms with Crippen molar-refractivity contribution < 1.29 is 14.7 Å². The number of carbonyl (C=O) groups excluding carboxylic acids is 1. The first kappa shape index (κ1) is 12.8. The lowest BCUT2D eigenvalue weighted by molar-refractivity contribution is 0.0692. The molecule has 7 heteroatoms. The molecule has 3 rings (SSSR count). The highest BCUT2D eigenvalue weighted by atomic mass is 16.4. The largest absolute Gasteiger partial charge is 0.478 e. The van der Waals surface area contributed by atoms with E-state index in [0.717, 1.165) is 0 Å². The molecule has 3 N–H and O–H groups in total. The molecule has 0 spiro atoms. The van der Waals surface area contributed by atoms with Gasteiger partial charge >= 0.3 is 5.97 Å². The number of aromatic nitrogens is 3. The molecule has 1 aromatic carbocycles. The zero-order valence-corrected chi connectivity index (χ0v) is 10.7. The number of carbonyl (C=O) groups is 2. The number of H-pyrrole nitrogens is 1. The van der Waals surface area contributed by atoms with E-state index in [1.807, 2.05) is 0 Å². The number of aromatic amines is 1. The van der Waals surface area contributed by atoms with E-state index in [1.54, 1.807) is 24.4 Å². The minimum absolute atomic E-state index is 0.0486. The van der Waals surface area contributed by atoms with Gasteiger partial charge in [-0.15, -0.1) is 0 Å². The fraction of sp³-hybridized carbons (Fsp3) is 0. The van der Waals surface area contributed by atoms with Crippen LogP contribution in [0.5, 0.6) is 0 Å². The van der Waals surface area contributed by atoms with Gasteiger partial charge in [0, 0.05) is 6.20 Å². The first-order valence-electron chi connectivity index (χ1n) is 6.08. The molecule has 1 amide bonds. The lowest BCUT2D eigenvalue weighted by Gasteiger charge is -2.08. The van der Waals surface area contributed by atoms with Gasteiger partial charge in [0.1, 0.15) is 0 Å². The molecule has 0 unspecified atom stereocenters. The van der Waals surface area contributed by atoms with Crippen molar-refractivity contribution >= 4 is 28.6 Å². The van der Waals surface area contributed by atoms with Gasteiger partial charge in [-0.2, -0.15) is 5.10 Å². The number of nitrogens with zero attached hydrogens (tertiary/aromatic N) is 2. The maximum Gasteiger partial charge on any atom is 0.336 e. The zero-order valence-electron chi connectivity index (χ0n) is 10.7. The number of pyridine rings is 1. The summed E-state index contributed by atoms with van der Waals surface area (Å²) >= 11 is 0. The van der Waals surface area contributed by atoms with Crippen LogP contribution in [0.15, 0.2) is 42.7 Å². The first-order chi connectivity index (χ1) is 10.2. The Kier molecular flexibility index (Phi) is 3.07. The Morgan fingerprint density at radius 1 is 1.14 bits per heavy atom. The number of hydrogen-bond acceptors (Lipinski definition) is 4. The molecule has 0 fully saturated rings. The molecule has 7 nitrogen and oxygen atoms in total. The van der Waals surface area contributed by atoms with Crippen molar-refractivity contribution in [2.45, 2.75) is 0 Å². The maximum absolute atomic E-state index is 12.3. The lowest BCUT2D eigenvalue weighted by Crippen LogP contribution is -2.16. The number of benzene rings is 1. The van der Waals surface area contributed by atoms with E-state index in [9.17, 15) is 9.59 Å². The van der Waals surface area contributed by atoms with Crippen LogP contribution in [0, 0.1) is 0 Å². The van der Waals surface area contributed by atoms with Crippen LogP contribution in [0.25, 0.3) is 11.0 Å². The summed E-state index contributed by atoms with van der Waals surface area (Å²) in [6, 6.07) is 7.66. The second kappa shape index (κ2) is 5.04. The SMILES string of the molecule is O=C(O)c1ccccc1C(=O)Nc1ccnc2[nH]ncc12. The maximum atomic E-state index is 12.3. The molecular weight excluding hydrogens is 272 g/mol. The summed E-state index contributed by atoms with van der Waals surface area (Å²) in [6.45, 7) is 0. The van der Waals surface area contributed by atoms with Crippen LogP contribution in [0.2, 0.25) is 0 Å². The summed E-state index contributed by atoms with van der Waals surface area (Å²) in [6.07, 6.45) is 3.07. The Hall–Kier alpha value is -3.22. The van der Waals surface area contributed by atoms with Gasteiger partial charge < -0.3 is 10.4 Å². The monoisotopic (exact) mass is 282 g/mol. The van der Waals surface area contributed by atoms with Crippen molar-refractivity contribution in [3.8, 4) is 0 Å². The number of amides is 1. The van der Waals surface area contributed by atoms with Crippen LogP contribution in [-0.4, -0.2) is 32.2 Å². The van der Waals surface area contributed by atoms with Crippen LogP contribution in [0.1, 0.15) is 20.7 Å². The minimum atomic E-state index is -1.15. The van der Waals surface area contributed by atoms with E-state index in [0.29, 0.717) is 16.7 Å². The summed E-state index contributed by atoms with van der Waals surface area (Å²) in [7, 11) is 0. The zero-order chi connectivity index (χ0) is 14.8. The van der Waals surface area contributed by atoms with E-state index in [4.69, 9.17) is 5.11 Å². The number of hydrogen-bond donors (Lipinski definition) is 3. The predicted molar refractivity (Wildman–Crippen MR) is 75.2 cm³/mol. The highest BCUT2D eigenvalue weighted by molar-refractivity contribution is 6.12. The molecule has 2 aromatic heterocycles. The molecule has 0 atom stereocenters. The molecule has 104 valence electrons. The first-order valence-corrected chi connectivity index (χ1v) is 6.08. The number of anilines is 1. The third-order valence-electron chi connectivity index (χ3n) is 3.00. The van der Waals surface area contributed by atoms with Crippen LogP contribution < -0.4 is 5.32 Å². The molecule has 0 aliphatic rings. The Labute approximate surface area is 118 Å². The van der Waals surface area contributed by atoms with Gasteiger partial charge in [-0.25, -0.2) is 9.78 Å². The van der Waals surface area contributed by atoms with Crippen LogP contribution in [0.3, 0.4) is 0 Å². The molecule has 0 saturated heterocycles. The van der Waals surface area contributed by atoms with Gasteiger partial charge in [0.2, 0.25) is 0 Å². The second-order valence-electron chi connectivity index (χ2n) is 4.30. The molecule has 21 heavy (non-hydrogen) atoms. The predicted octanol–water partition coefficient (Wildman–Crippen LogP) is 1.91. The van der Waals surface area contributed by atoms with Crippen molar-refractivity contribution in [1.29, 1.82) is 0 Å². The molecule has 2 heterocycles. The van der Waals surface area contributed by atoms with Gasteiger partial charge in [-0.1, -0.05) is 12.1 Å². The Morgan fingerprint density at radius 3 is 2.67 bits per heavy atom. The number of aromatic carboxylic acids is 1. The third-order valence-corrected chi connectivity index (χ3v) is 3.00. The highest BCUT2D eigenvalue weighted by Crippen LogP contribution is 2.20. The molecule has 3 aromatic rings. The van der Waals surface area contributed by atoms with Gasteiger partial charge in [-0.3, -0.25) is 9.89 Å². The summed E-state index contributed by atoms with van der Waals surface area (Å²) in [4.78, 5) is 27.5. The van der Waals surface area contributed by atoms with Gasteiger partial charge in [0.25, 0.3) is 5.91 Å². The Balaban J connectivity index is 1.97. The molecule has 0 bridgehead atoms. The van der Waals surface area contributed by atoms with Crippen molar-refractivity contribution in [1.82, 2.24) is 15.2 Å². The van der Waals surface area contributed by atoms with Crippen molar-refractivity contribution in [3.63, 3.8) is 0 Å². The quantitative estimate of drug-likeness (QED) is 0.680. The molecule has 0 aliphatic heterocycles. The highest BCUT2D eigenvalue weighted by Gasteiger charge is 2.16. The minimum Gasteiger partial charge on any atom is -0.478 e. The molecular formula is C14H10N4O3. The lowest BCUT2D eigenvalue weighted by atomic mass is 10.1. The number of rotatable bonds is 3. The normalized spacial score (nSPS) is 10.5. The summed E-state index contributed by atoms with van der Waals surface area (Å²) < 4.78 is 0. The molecule has 0 radical (unpaired) electrons.